The van der Waals surface area contributed by atoms with E-state index in [1.165, 1.54) is 34.8 Å². The van der Waals surface area contributed by atoms with Gasteiger partial charge in [0, 0.05) is 20.5 Å². The summed E-state index contributed by atoms with van der Waals surface area (Å²) in [6.45, 7) is 8.04. The second kappa shape index (κ2) is 18.3. The normalized spacial score (nSPS) is 10.6. The average Bonchev–Trinajstić information content (AvgIpc) is 3.40. The number of fused-ring (bicyclic) bond motifs is 1. The highest BCUT2D eigenvalue weighted by atomic mass is 35.5. The number of unbranched alkanes of at least 4 members (excludes halogenated alkanes) is 1. The number of hydrogen-bond acceptors (Lipinski definition) is 7. The van der Waals surface area contributed by atoms with Crippen molar-refractivity contribution in [3.8, 4) is 0 Å². The number of hydrogen-bond donors (Lipinski definition) is 3. The van der Waals surface area contributed by atoms with Crippen LogP contribution in [0.4, 0.5) is 14.9 Å². The van der Waals surface area contributed by atoms with Crippen LogP contribution < -0.4 is 16.6 Å². The van der Waals surface area contributed by atoms with Gasteiger partial charge in [-0.05, 0) is 43.4 Å². The van der Waals surface area contributed by atoms with E-state index in [2.05, 4.69) is 30.7 Å². The Kier molecular flexibility index (Phi) is 15.7. The van der Waals surface area contributed by atoms with Crippen LogP contribution in [0.2, 0.25) is 5.15 Å². The molecule has 0 spiro atoms. The van der Waals surface area contributed by atoms with Gasteiger partial charge in [-0.3, -0.25) is 23.9 Å². The summed E-state index contributed by atoms with van der Waals surface area (Å²) in [4.78, 5) is 59.3. The molecule has 0 radical (unpaired) electrons. The summed E-state index contributed by atoms with van der Waals surface area (Å²) in [6.07, 6.45) is 5.46. The molecule has 3 rings (SSSR count). The number of pyridine rings is 2. The van der Waals surface area contributed by atoms with Crippen molar-refractivity contribution < 1.29 is 23.5 Å². The van der Waals surface area contributed by atoms with Crippen LogP contribution in [0.3, 0.4) is 0 Å². The number of anilines is 1. The summed E-state index contributed by atoms with van der Waals surface area (Å²) >= 11 is 6.27. The van der Waals surface area contributed by atoms with Crippen molar-refractivity contribution in [2.24, 2.45) is 11.7 Å². The number of ether oxygens (including phenoxy) is 1. The Morgan fingerprint density at radius 1 is 1.26 bits per heavy atom. The molecule has 0 aliphatic heterocycles. The number of nitrogens with two attached hydrogens (primary N) is 1. The standard InChI is InChI=1S/C25H30ClFN6O3.C2H5NO2.C2H6/c1-15(2)12-18-24-23(16(27)13-28-18)30-20(31-24)14-33-19(26)11-10-17(25(33)36)29-21(34)8-6-5-7-9-22(35)32(3)4;1-5-2(3)4;1-2/h7,9-11,13,15H,5-6,8,12,14H2,1-4H3,(H,29,34)(H,30,31);1H3,(H2,3,4);1-2H3/b9-7+;;. The Morgan fingerprint density at radius 2 is 1.91 bits per heavy atom. The highest BCUT2D eigenvalue weighted by Crippen LogP contribution is 2.21. The molecule has 0 saturated heterocycles. The highest BCUT2D eigenvalue weighted by molar-refractivity contribution is 6.29. The van der Waals surface area contributed by atoms with Gasteiger partial charge in [-0.15, -0.1) is 0 Å². The first-order valence-electron chi connectivity index (χ1n) is 13.8. The Balaban J connectivity index is 0.00000120. The van der Waals surface area contributed by atoms with Crippen molar-refractivity contribution >= 4 is 46.2 Å². The number of likely N-dealkylation sites (N-methyl/N-ethyl adjacent to an activating group) is 1. The lowest BCUT2D eigenvalue weighted by atomic mass is 10.1. The summed E-state index contributed by atoms with van der Waals surface area (Å²) in [5.41, 5.74) is 5.35. The molecule has 0 fully saturated rings. The van der Waals surface area contributed by atoms with Crippen LogP contribution in [0.25, 0.3) is 11.0 Å². The molecular formula is C29H41ClFN7O5. The Labute approximate surface area is 255 Å². The van der Waals surface area contributed by atoms with Crippen molar-refractivity contribution in [1.29, 1.82) is 0 Å². The molecule has 3 heterocycles. The molecule has 3 aromatic rings. The summed E-state index contributed by atoms with van der Waals surface area (Å²) in [7, 11) is 4.54. The third kappa shape index (κ3) is 11.9. The second-order valence-corrected chi connectivity index (χ2v) is 10.0. The van der Waals surface area contributed by atoms with Crippen LogP contribution in [-0.4, -0.2) is 63.5 Å². The number of carbonyl (C=O) groups is 3. The van der Waals surface area contributed by atoms with Gasteiger partial charge in [0.15, 0.2) is 5.82 Å². The minimum Gasteiger partial charge on any atom is -0.453 e. The SMILES string of the molecule is CC.CC(C)Cc1ncc(F)c2nc(Cn3c(Cl)ccc(NC(=O)CCC/C=C/C(=O)N(C)C)c3=O)[nH]c12.COC(N)=O. The number of imidazole rings is 1. The van der Waals surface area contributed by atoms with Crippen LogP contribution in [-0.2, 0) is 27.3 Å². The number of H-pyrrole nitrogens is 1. The molecular weight excluding hydrogens is 581 g/mol. The van der Waals surface area contributed by atoms with Crippen molar-refractivity contribution in [1.82, 2.24) is 24.4 Å². The van der Waals surface area contributed by atoms with E-state index in [1.807, 2.05) is 27.7 Å². The monoisotopic (exact) mass is 621 g/mol. The molecule has 236 valence electrons. The van der Waals surface area contributed by atoms with E-state index in [0.29, 0.717) is 42.2 Å². The molecule has 3 amide bonds. The van der Waals surface area contributed by atoms with E-state index in [4.69, 9.17) is 11.6 Å². The molecule has 43 heavy (non-hydrogen) atoms. The first kappa shape index (κ1) is 36.8. The molecule has 0 aromatic carbocycles. The zero-order chi connectivity index (χ0) is 32.7. The number of amides is 3. The fraction of sp³-hybridized carbons (Fsp3) is 0.448. The number of nitrogens with one attached hydrogen (secondary N) is 2. The number of rotatable bonds is 10. The van der Waals surface area contributed by atoms with Crippen LogP contribution in [0, 0.1) is 11.7 Å². The molecule has 0 aliphatic rings. The van der Waals surface area contributed by atoms with E-state index in [1.54, 1.807) is 20.2 Å². The second-order valence-electron chi connectivity index (χ2n) is 9.62. The van der Waals surface area contributed by atoms with Gasteiger partial charge in [0.1, 0.15) is 22.2 Å². The Bertz CT molecular complexity index is 1470. The predicted octanol–water partition coefficient (Wildman–Crippen LogP) is 4.65. The summed E-state index contributed by atoms with van der Waals surface area (Å²) < 4.78 is 19.5. The maximum Gasteiger partial charge on any atom is 0.404 e. The molecule has 0 saturated carbocycles. The number of methoxy groups -OCH3 is 1. The Hall–Kier alpha value is -4.26. The minimum absolute atomic E-state index is 0.0404. The van der Waals surface area contributed by atoms with Gasteiger partial charge in [0.25, 0.3) is 5.56 Å². The van der Waals surface area contributed by atoms with Crippen molar-refractivity contribution in [2.45, 2.75) is 59.9 Å². The molecule has 0 atom stereocenters. The van der Waals surface area contributed by atoms with Gasteiger partial charge < -0.3 is 25.7 Å². The minimum atomic E-state index is -0.745. The van der Waals surface area contributed by atoms with E-state index in [-0.39, 0.29) is 41.1 Å². The first-order chi connectivity index (χ1) is 20.3. The molecule has 3 aromatic heterocycles. The lowest BCUT2D eigenvalue weighted by Gasteiger charge is -2.10. The fourth-order valence-corrected chi connectivity index (χ4v) is 3.75. The third-order valence-electron chi connectivity index (χ3n) is 5.58. The predicted molar refractivity (Wildman–Crippen MR) is 165 cm³/mol. The lowest BCUT2D eigenvalue weighted by molar-refractivity contribution is -0.123. The topological polar surface area (TPSA) is 165 Å². The van der Waals surface area contributed by atoms with E-state index < -0.39 is 17.5 Å². The third-order valence-corrected chi connectivity index (χ3v) is 5.91. The average molecular weight is 622 g/mol. The zero-order valence-electron chi connectivity index (χ0n) is 25.7. The van der Waals surface area contributed by atoms with Crippen LogP contribution in [0.1, 0.15) is 58.5 Å². The molecule has 12 nitrogen and oxygen atoms in total. The van der Waals surface area contributed by atoms with Gasteiger partial charge in [0.05, 0.1) is 31.1 Å². The molecule has 0 unspecified atom stereocenters. The van der Waals surface area contributed by atoms with Crippen molar-refractivity contribution in [3.05, 3.63) is 63.3 Å². The number of allylic oxidation sites excluding steroid dienone is 1. The van der Waals surface area contributed by atoms with Gasteiger partial charge in [-0.2, -0.15) is 0 Å². The summed E-state index contributed by atoms with van der Waals surface area (Å²) in [6, 6.07) is 2.95. The van der Waals surface area contributed by atoms with E-state index in [0.717, 1.165) is 6.20 Å². The molecule has 0 bridgehead atoms. The van der Waals surface area contributed by atoms with E-state index in [9.17, 15) is 23.6 Å². The lowest BCUT2D eigenvalue weighted by Crippen LogP contribution is -2.27. The molecule has 0 aliphatic carbocycles. The number of halogens is 2. The number of aromatic amines is 1. The highest BCUT2D eigenvalue weighted by Gasteiger charge is 2.17. The fourth-order valence-electron chi connectivity index (χ4n) is 3.55. The molecule has 14 heteroatoms. The Morgan fingerprint density at radius 3 is 2.49 bits per heavy atom. The number of primary amides is 1. The zero-order valence-corrected chi connectivity index (χ0v) is 26.4. The van der Waals surface area contributed by atoms with Gasteiger partial charge in [0.2, 0.25) is 11.8 Å². The van der Waals surface area contributed by atoms with E-state index >= 15 is 0 Å². The quantitative estimate of drug-likeness (QED) is 0.168. The van der Waals surface area contributed by atoms with Gasteiger partial charge >= 0.3 is 6.09 Å². The van der Waals surface area contributed by atoms with Crippen LogP contribution >= 0.6 is 11.6 Å². The maximum atomic E-state index is 14.3. The smallest absolute Gasteiger partial charge is 0.404 e. The van der Waals surface area contributed by atoms with Crippen molar-refractivity contribution in [3.63, 3.8) is 0 Å². The number of carbonyl (C=O) groups excluding carboxylic acids is 3. The largest absolute Gasteiger partial charge is 0.453 e. The van der Waals surface area contributed by atoms with Crippen LogP contribution in [0.5, 0.6) is 0 Å². The van der Waals surface area contributed by atoms with Crippen molar-refractivity contribution in [2.75, 3.05) is 26.5 Å². The summed E-state index contributed by atoms with van der Waals surface area (Å²) in [5, 5.41) is 2.77. The van der Waals surface area contributed by atoms with Crippen LogP contribution in [0.15, 0.2) is 35.3 Å². The maximum absolute atomic E-state index is 14.3. The first-order valence-corrected chi connectivity index (χ1v) is 14.1. The van der Waals surface area contributed by atoms with Gasteiger partial charge in [-0.1, -0.05) is 45.4 Å². The molecule has 4 N–H and O–H groups in total. The van der Waals surface area contributed by atoms with Gasteiger partial charge in [-0.25, -0.2) is 14.2 Å². The number of aromatic nitrogens is 4. The number of nitrogens with zero attached hydrogens (tertiary/aromatic N) is 4. The summed E-state index contributed by atoms with van der Waals surface area (Å²) in [5.74, 6) is -0.357.